The maximum absolute atomic E-state index is 15.5. The summed E-state index contributed by atoms with van der Waals surface area (Å²) >= 11 is 0. The lowest BCUT2D eigenvalue weighted by Crippen LogP contribution is -2.64. The molecule has 0 aromatic heterocycles. The maximum atomic E-state index is 15.5. The van der Waals surface area contributed by atoms with Gasteiger partial charge in [0.15, 0.2) is 0 Å². The molecule has 1 aromatic rings. The average molecular weight is 316 g/mol. The molecule has 4 rings (SSSR count). The Hall–Kier alpha value is -2.57. The minimum absolute atomic E-state index is 0.0848. The van der Waals surface area contributed by atoms with E-state index in [1.54, 1.807) is 19.1 Å². The molecule has 0 bridgehead atoms. The molecule has 6 nitrogen and oxygen atoms in total. The lowest BCUT2D eigenvalue weighted by Gasteiger charge is -2.37. The van der Waals surface area contributed by atoms with Gasteiger partial charge < -0.3 is 0 Å². The molecular weight excluding hydrogens is 303 g/mol. The predicted molar refractivity (Wildman–Crippen MR) is 75.0 cm³/mol. The van der Waals surface area contributed by atoms with E-state index < -0.39 is 41.3 Å². The average Bonchev–Trinajstić information content (AvgIpc) is 3.20. The van der Waals surface area contributed by atoms with Crippen LogP contribution in [0.3, 0.4) is 0 Å². The molecule has 1 aromatic carbocycles. The first-order valence-corrected chi connectivity index (χ1v) is 7.33. The highest BCUT2D eigenvalue weighted by atomic mass is 19.1. The number of amides is 4. The van der Waals surface area contributed by atoms with Crippen LogP contribution in [0.4, 0.5) is 4.39 Å². The summed E-state index contributed by atoms with van der Waals surface area (Å²) in [6, 6.07) is 4.68. The summed E-state index contributed by atoms with van der Waals surface area (Å²) < 4.78 is 15.5. The van der Waals surface area contributed by atoms with Crippen molar-refractivity contribution in [3.63, 3.8) is 0 Å². The molecule has 3 aliphatic rings. The molecule has 23 heavy (non-hydrogen) atoms. The highest BCUT2D eigenvalue weighted by Crippen LogP contribution is 2.55. The quantitative estimate of drug-likeness (QED) is 0.621. The van der Waals surface area contributed by atoms with E-state index in [0.717, 1.165) is 0 Å². The number of nitrogens with one attached hydrogen (secondary N) is 1. The second kappa shape index (κ2) is 4.04. The van der Waals surface area contributed by atoms with Gasteiger partial charge in [0, 0.05) is 6.42 Å². The minimum atomic E-state index is -2.83. The van der Waals surface area contributed by atoms with Crippen LogP contribution in [0.2, 0.25) is 0 Å². The molecule has 2 heterocycles. The van der Waals surface area contributed by atoms with Crippen LogP contribution in [0.1, 0.15) is 45.5 Å². The Morgan fingerprint density at radius 1 is 1.09 bits per heavy atom. The highest BCUT2D eigenvalue weighted by Gasteiger charge is 2.66. The van der Waals surface area contributed by atoms with E-state index in [-0.39, 0.29) is 11.1 Å². The molecule has 1 saturated carbocycles. The SMILES string of the molecule is Cc1cccc2c1C(=O)N(C1(F)CC3(CC3)C(=O)NC1=O)C2=O. The van der Waals surface area contributed by atoms with Gasteiger partial charge in [-0.05, 0) is 31.4 Å². The number of carbonyl (C=O) groups excluding carboxylic acids is 4. The molecule has 1 atom stereocenters. The van der Waals surface area contributed by atoms with Gasteiger partial charge in [0.05, 0.1) is 16.5 Å². The van der Waals surface area contributed by atoms with Crippen molar-refractivity contribution >= 4 is 23.6 Å². The zero-order chi connectivity index (χ0) is 16.6. The first-order valence-electron chi connectivity index (χ1n) is 7.33. The summed E-state index contributed by atoms with van der Waals surface area (Å²) in [4.78, 5) is 49.4. The fraction of sp³-hybridized carbons (Fsp3) is 0.375. The number of imide groups is 2. The third-order valence-corrected chi connectivity index (χ3v) is 4.96. The highest BCUT2D eigenvalue weighted by molar-refractivity contribution is 6.24. The van der Waals surface area contributed by atoms with Crippen molar-refractivity contribution in [2.45, 2.75) is 32.0 Å². The fourth-order valence-corrected chi connectivity index (χ4v) is 3.45. The smallest absolute Gasteiger partial charge is 0.285 e. The van der Waals surface area contributed by atoms with Crippen LogP contribution in [0.5, 0.6) is 0 Å². The van der Waals surface area contributed by atoms with E-state index >= 15 is 4.39 Å². The van der Waals surface area contributed by atoms with Gasteiger partial charge in [-0.15, -0.1) is 0 Å². The second-order valence-corrected chi connectivity index (χ2v) is 6.44. The Labute approximate surface area is 130 Å². The Kier molecular flexibility index (Phi) is 2.47. The number of carbonyl (C=O) groups is 4. The normalized spacial score (nSPS) is 28.2. The van der Waals surface area contributed by atoms with Crippen LogP contribution in [0, 0.1) is 12.3 Å². The van der Waals surface area contributed by atoms with Crippen LogP contribution < -0.4 is 5.32 Å². The van der Waals surface area contributed by atoms with E-state index in [1.165, 1.54) is 6.07 Å². The van der Waals surface area contributed by atoms with Crippen molar-refractivity contribution in [3.05, 3.63) is 34.9 Å². The number of nitrogens with zero attached hydrogens (tertiary/aromatic N) is 1. The molecule has 2 aliphatic heterocycles. The van der Waals surface area contributed by atoms with Gasteiger partial charge in [-0.1, -0.05) is 12.1 Å². The number of aryl methyl sites for hydroxylation is 1. The third kappa shape index (κ3) is 1.62. The van der Waals surface area contributed by atoms with Crippen LogP contribution in [-0.2, 0) is 9.59 Å². The van der Waals surface area contributed by atoms with Gasteiger partial charge in [-0.2, -0.15) is 0 Å². The number of rotatable bonds is 1. The van der Waals surface area contributed by atoms with E-state index in [1.807, 2.05) is 5.32 Å². The Morgan fingerprint density at radius 3 is 2.39 bits per heavy atom. The molecular formula is C16H13FN2O4. The molecule has 1 saturated heterocycles. The number of alkyl halides is 1. The Morgan fingerprint density at radius 2 is 1.78 bits per heavy atom. The summed E-state index contributed by atoms with van der Waals surface area (Å²) in [5.74, 6) is -6.26. The Balaban J connectivity index is 1.81. The molecule has 4 amide bonds. The summed E-state index contributed by atoms with van der Waals surface area (Å²) in [7, 11) is 0. The lowest BCUT2D eigenvalue weighted by molar-refractivity contribution is -0.157. The molecule has 7 heteroatoms. The minimum Gasteiger partial charge on any atom is -0.291 e. The number of piperidine rings is 1. The Bertz CT molecular complexity index is 814. The van der Waals surface area contributed by atoms with E-state index in [0.29, 0.717) is 23.3 Å². The summed E-state index contributed by atoms with van der Waals surface area (Å²) in [5, 5.41) is 1.98. The van der Waals surface area contributed by atoms with Crippen molar-refractivity contribution < 1.29 is 23.6 Å². The van der Waals surface area contributed by atoms with E-state index in [9.17, 15) is 19.2 Å². The van der Waals surface area contributed by atoms with E-state index in [2.05, 4.69) is 0 Å². The zero-order valence-electron chi connectivity index (χ0n) is 12.3. The van der Waals surface area contributed by atoms with Crippen LogP contribution in [-0.4, -0.2) is 34.3 Å². The molecule has 1 spiro atoms. The van der Waals surface area contributed by atoms with Gasteiger partial charge >= 0.3 is 0 Å². The van der Waals surface area contributed by atoms with Crippen LogP contribution >= 0.6 is 0 Å². The predicted octanol–water partition coefficient (Wildman–Crippen LogP) is 1.08. The van der Waals surface area contributed by atoms with Gasteiger partial charge in [0.25, 0.3) is 23.5 Å². The summed E-state index contributed by atoms with van der Waals surface area (Å²) in [6.07, 6.45) is 0.426. The molecule has 2 fully saturated rings. The molecule has 1 N–H and O–H groups in total. The van der Waals surface area contributed by atoms with Crippen molar-refractivity contribution in [2.75, 3.05) is 0 Å². The maximum Gasteiger partial charge on any atom is 0.285 e. The lowest BCUT2D eigenvalue weighted by atomic mass is 9.88. The fourth-order valence-electron chi connectivity index (χ4n) is 3.45. The summed E-state index contributed by atoms with van der Waals surface area (Å²) in [6.45, 7) is 1.64. The van der Waals surface area contributed by atoms with Gasteiger partial charge in [-0.3, -0.25) is 24.5 Å². The first-order chi connectivity index (χ1) is 10.8. The third-order valence-electron chi connectivity index (χ3n) is 4.96. The number of hydrogen-bond acceptors (Lipinski definition) is 4. The topological polar surface area (TPSA) is 83.6 Å². The number of halogens is 1. The number of fused-ring (bicyclic) bond motifs is 1. The molecule has 118 valence electrons. The molecule has 1 unspecified atom stereocenters. The second-order valence-electron chi connectivity index (χ2n) is 6.44. The molecule has 0 radical (unpaired) electrons. The first kappa shape index (κ1) is 14.0. The monoisotopic (exact) mass is 316 g/mol. The van der Waals surface area contributed by atoms with Crippen molar-refractivity contribution in [1.82, 2.24) is 10.2 Å². The van der Waals surface area contributed by atoms with E-state index in [4.69, 9.17) is 0 Å². The van der Waals surface area contributed by atoms with Crippen molar-refractivity contribution in [1.29, 1.82) is 0 Å². The largest absolute Gasteiger partial charge is 0.291 e. The van der Waals surface area contributed by atoms with Crippen LogP contribution in [0.15, 0.2) is 18.2 Å². The standard InChI is InChI=1S/C16H13FN2O4/c1-8-3-2-4-9-10(8)12(21)19(11(9)20)16(17)7-15(5-6-15)13(22)18-14(16)23/h2-4H,5-7H2,1H3,(H,18,22,23). The van der Waals surface area contributed by atoms with Gasteiger partial charge in [-0.25, -0.2) is 9.29 Å². The van der Waals surface area contributed by atoms with Crippen molar-refractivity contribution in [3.8, 4) is 0 Å². The van der Waals surface area contributed by atoms with Gasteiger partial charge in [0.1, 0.15) is 0 Å². The van der Waals surface area contributed by atoms with Gasteiger partial charge in [0.2, 0.25) is 5.91 Å². The van der Waals surface area contributed by atoms with Crippen LogP contribution in [0.25, 0.3) is 0 Å². The molecule has 1 aliphatic carbocycles. The van der Waals surface area contributed by atoms with Crippen molar-refractivity contribution in [2.24, 2.45) is 5.41 Å². The summed E-state index contributed by atoms with van der Waals surface area (Å²) in [5.41, 5.74) is -0.237. The number of hydrogen-bond donors (Lipinski definition) is 1. The number of benzene rings is 1. The zero-order valence-corrected chi connectivity index (χ0v) is 12.3.